The van der Waals surface area contributed by atoms with Gasteiger partial charge in [-0.1, -0.05) is 0 Å². The van der Waals surface area contributed by atoms with Crippen LogP contribution in [0.3, 0.4) is 0 Å². The van der Waals surface area contributed by atoms with Gasteiger partial charge in [-0.15, -0.1) is 0 Å². The number of rotatable bonds is 5. The van der Waals surface area contributed by atoms with Gasteiger partial charge in [0.2, 0.25) is 0 Å². The van der Waals surface area contributed by atoms with E-state index in [1.807, 2.05) is 13.0 Å². The van der Waals surface area contributed by atoms with Crippen LogP contribution >= 0.6 is 0 Å². The molecule has 130 valence electrons. The van der Waals surface area contributed by atoms with Crippen LogP contribution in [0.4, 0.5) is 0 Å². The Morgan fingerprint density at radius 2 is 2.12 bits per heavy atom. The van der Waals surface area contributed by atoms with E-state index >= 15 is 0 Å². The molecule has 24 heavy (non-hydrogen) atoms. The smallest absolute Gasteiger partial charge is 0.316 e. The SMILES string of the molecule is Cc1ccnc(OCC2CN(S(=O)(=O)N(C)C)Cc3ccnn32)n1. The maximum Gasteiger partial charge on any atom is 0.316 e. The van der Waals surface area contributed by atoms with E-state index in [1.165, 1.54) is 22.7 Å². The zero-order chi connectivity index (χ0) is 17.3. The quantitative estimate of drug-likeness (QED) is 0.764. The highest BCUT2D eigenvalue weighted by Gasteiger charge is 2.34. The van der Waals surface area contributed by atoms with Gasteiger partial charge >= 0.3 is 6.01 Å². The second-order valence-electron chi connectivity index (χ2n) is 5.80. The summed E-state index contributed by atoms with van der Waals surface area (Å²) in [7, 11) is -0.462. The second-order valence-corrected chi connectivity index (χ2v) is 7.94. The molecule has 0 spiro atoms. The lowest BCUT2D eigenvalue weighted by atomic mass is 10.2. The van der Waals surface area contributed by atoms with Crippen molar-refractivity contribution < 1.29 is 13.2 Å². The highest BCUT2D eigenvalue weighted by atomic mass is 32.2. The van der Waals surface area contributed by atoms with Crippen LogP contribution in [-0.2, 0) is 16.8 Å². The van der Waals surface area contributed by atoms with Crippen LogP contribution in [0.15, 0.2) is 24.5 Å². The summed E-state index contributed by atoms with van der Waals surface area (Å²) < 4.78 is 35.0. The predicted molar refractivity (Wildman–Crippen MR) is 86.5 cm³/mol. The Kier molecular flexibility index (Phi) is 4.52. The molecule has 0 bridgehead atoms. The van der Waals surface area contributed by atoms with Gasteiger partial charge in [0.25, 0.3) is 10.2 Å². The zero-order valence-corrected chi connectivity index (χ0v) is 14.6. The molecule has 1 unspecified atom stereocenters. The Labute approximate surface area is 141 Å². The normalized spacial score (nSPS) is 18.6. The first-order valence-corrected chi connectivity index (χ1v) is 8.90. The molecule has 2 aromatic heterocycles. The van der Waals surface area contributed by atoms with Crippen molar-refractivity contribution in [3.8, 4) is 6.01 Å². The summed E-state index contributed by atoms with van der Waals surface area (Å²) in [5, 5.41) is 4.29. The predicted octanol–water partition coefficient (Wildman–Crippen LogP) is 0.224. The fourth-order valence-corrected chi connectivity index (χ4v) is 3.67. The van der Waals surface area contributed by atoms with Gasteiger partial charge in [-0.2, -0.15) is 22.1 Å². The molecule has 10 heteroatoms. The van der Waals surface area contributed by atoms with Gasteiger partial charge in [0.1, 0.15) is 12.6 Å². The Bertz CT molecular complexity index is 819. The molecule has 9 nitrogen and oxygen atoms in total. The first-order valence-electron chi connectivity index (χ1n) is 7.50. The van der Waals surface area contributed by atoms with Crippen molar-refractivity contribution in [2.75, 3.05) is 27.2 Å². The standard InChI is InChI=1S/C14H20N6O3S/c1-11-4-6-15-14(17-11)23-10-13-9-19(24(21,22)18(2)3)8-12-5-7-16-20(12)13/h4-7,13H,8-10H2,1-3H3. The maximum atomic E-state index is 12.4. The molecule has 2 aromatic rings. The molecule has 3 heterocycles. The van der Waals surface area contributed by atoms with Crippen LogP contribution in [0.25, 0.3) is 0 Å². The molecule has 1 aliphatic rings. The minimum atomic E-state index is -3.50. The van der Waals surface area contributed by atoms with E-state index < -0.39 is 10.2 Å². The minimum Gasteiger partial charge on any atom is -0.461 e. The van der Waals surface area contributed by atoms with Crippen molar-refractivity contribution >= 4 is 10.2 Å². The maximum absolute atomic E-state index is 12.4. The second kappa shape index (κ2) is 6.46. The van der Waals surface area contributed by atoms with E-state index in [0.29, 0.717) is 0 Å². The number of aromatic nitrogens is 4. The van der Waals surface area contributed by atoms with Crippen molar-refractivity contribution in [3.63, 3.8) is 0 Å². The number of aryl methyl sites for hydroxylation is 1. The zero-order valence-electron chi connectivity index (χ0n) is 13.8. The Morgan fingerprint density at radius 1 is 1.33 bits per heavy atom. The molecule has 1 aliphatic heterocycles. The molecule has 3 rings (SSSR count). The Morgan fingerprint density at radius 3 is 2.83 bits per heavy atom. The summed E-state index contributed by atoms with van der Waals surface area (Å²) in [4.78, 5) is 8.25. The van der Waals surface area contributed by atoms with Crippen LogP contribution in [-0.4, -0.2) is 64.0 Å². The number of hydrogen-bond donors (Lipinski definition) is 0. The molecule has 0 aliphatic carbocycles. The minimum absolute atomic E-state index is 0.234. The monoisotopic (exact) mass is 352 g/mol. The van der Waals surface area contributed by atoms with Gasteiger partial charge in [0.15, 0.2) is 0 Å². The van der Waals surface area contributed by atoms with Gasteiger partial charge in [-0.05, 0) is 19.1 Å². The summed E-state index contributed by atoms with van der Waals surface area (Å²) in [6.07, 6.45) is 3.29. The summed E-state index contributed by atoms with van der Waals surface area (Å²) in [5.74, 6) is 0. The lowest BCUT2D eigenvalue weighted by Crippen LogP contribution is -2.47. The molecule has 0 aromatic carbocycles. The topological polar surface area (TPSA) is 93.5 Å². The van der Waals surface area contributed by atoms with Crippen LogP contribution in [0, 0.1) is 6.92 Å². The van der Waals surface area contributed by atoms with Gasteiger partial charge in [-0.3, -0.25) is 4.68 Å². The summed E-state index contributed by atoms with van der Waals surface area (Å²) in [6, 6.07) is 3.62. The van der Waals surface area contributed by atoms with E-state index in [4.69, 9.17) is 4.74 Å². The molecule has 0 N–H and O–H groups in total. The lowest BCUT2D eigenvalue weighted by Gasteiger charge is -2.34. The van der Waals surface area contributed by atoms with Gasteiger partial charge < -0.3 is 4.74 Å². The van der Waals surface area contributed by atoms with Crippen molar-refractivity contribution in [1.29, 1.82) is 0 Å². The largest absolute Gasteiger partial charge is 0.461 e. The molecule has 0 saturated carbocycles. The van der Waals surface area contributed by atoms with Gasteiger partial charge in [0.05, 0.1) is 12.2 Å². The molecule has 0 amide bonds. The first-order chi connectivity index (χ1) is 11.4. The molecule has 1 atom stereocenters. The van der Waals surface area contributed by atoms with E-state index in [-0.39, 0.29) is 31.7 Å². The van der Waals surface area contributed by atoms with Crippen LogP contribution < -0.4 is 4.74 Å². The van der Waals surface area contributed by atoms with Crippen LogP contribution in [0.1, 0.15) is 17.4 Å². The highest BCUT2D eigenvalue weighted by molar-refractivity contribution is 7.86. The van der Waals surface area contributed by atoms with Crippen molar-refractivity contribution in [3.05, 3.63) is 35.9 Å². The van der Waals surface area contributed by atoms with Crippen molar-refractivity contribution in [1.82, 2.24) is 28.4 Å². The Hall–Kier alpha value is -2.04. The third-order valence-electron chi connectivity index (χ3n) is 3.82. The van der Waals surface area contributed by atoms with Crippen molar-refractivity contribution in [2.45, 2.75) is 19.5 Å². The Balaban J connectivity index is 1.79. The molecule has 0 radical (unpaired) electrons. The third-order valence-corrected chi connectivity index (χ3v) is 5.67. The average Bonchev–Trinajstić information content (AvgIpc) is 3.01. The van der Waals surface area contributed by atoms with Crippen molar-refractivity contribution in [2.24, 2.45) is 0 Å². The van der Waals surface area contributed by atoms with Gasteiger partial charge in [-0.25, -0.2) is 9.97 Å². The fourth-order valence-electron chi connectivity index (χ4n) is 2.55. The summed E-state index contributed by atoms with van der Waals surface area (Å²) in [5.41, 5.74) is 1.63. The van der Waals surface area contributed by atoms with Crippen LogP contribution in [0.2, 0.25) is 0 Å². The van der Waals surface area contributed by atoms with E-state index in [0.717, 1.165) is 11.4 Å². The highest BCUT2D eigenvalue weighted by Crippen LogP contribution is 2.24. The van der Waals surface area contributed by atoms with E-state index in [9.17, 15) is 8.42 Å². The lowest BCUT2D eigenvalue weighted by molar-refractivity contribution is 0.170. The number of fused-ring (bicyclic) bond motifs is 1. The summed E-state index contributed by atoms with van der Waals surface area (Å²) in [6.45, 7) is 2.66. The number of nitrogens with zero attached hydrogens (tertiary/aromatic N) is 6. The number of hydrogen-bond acceptors (Lipinski definition) is 6. The molecular weight excluding hydrogens is 332 g/mol. The number of ether oxygens (including phenoxy) is 1. The fraction of sp³-hybridized carbons (Fsp3) is 0.500. The van der Waals surface area contributed by atoms with E-state index in [2.05, 4.69) is 15.1 Å². The van der Waals surface area contributed by atoms with E-state index in [1.54, 1.807) is 23.1 Å². The third kappa shape index (κ3) is 3.25. The summed E-state index contributed by atoms with van der Waals surface area (Å²) >= 11 is 0. The first kappa shape index (κ1) is 16.8. The molecular formula is C14H20N6O3S. The average molecular weight is 352 g/mol. The molecule has 0 fully saturated rings. The van der Waals surface area contributed by atoms with Crippen LogP contribution in [0.5, 0.6) is 6.01 Å². The van der Waals surface area contributed by atoms with Gasteiger partial charge in [0, 0.05) is 38.7 Å². The molecule has 0 saturated heterocycles.